The summed E-state index contributed by atoms with van der Waals surface area (Å²) in [6.45, 7) is 10.5. The van der Waals surface area contributed by atoms with Crippen LogP contribution in [0.5, 0.6) is 0 Å². The minimum atomic E-state index is 0.460. The molecule has 2 heteroatoms. The van der Waals surface area contributed by atoms with Crippen molar-refractivity contribution in [2.75, 3.05) is 19.6 Å². The minimum absolute atomic E-state index is 0.460. The molecule has 1 atom stereocenters. The maximum absolute atomic E-state index is 3.81. The van der Waals surface area contributed by atoms with Gasteiger partial charge in [0.15, 0.2) is 0 Å². The molecule has 0 amide bonds. The molecule has 1 heterocycles. The van der Waals surface area contributed by atoms with Crippen LogP contribution in [0.25, 0.3) is 0 Å². The highest BCUT2D eigenvalue weighted by molar-refractivity contribution is 5.24. The Balaban J connectivity index is 1.77. The van der Waals surface area contributed by atoms with Crippen molar-refractivity contribution < 1.29 is 0 Å². The first-order valence-electron chi connectivity index (χ1n) is 8.24. The topological polar surface area (TPSA) is 15.3 Å². The van der Waals surface area contributed by atoms with Crippen LogP contribution in [0.3, 0.4) is 0 Å². The van der Waals surface area contributed by atoms with Crippen molar-refractivity contribution in [2.45, 2.75) is 58.5 Å². The van der Waals surface area contributed by atoms with E-state index < -0.39 is 0 Å². The van der Waals surface area contributed by atoms with Gasteiger partial charge in [-0.2, -0.15) is 0 Å². The van der Waals surface area contributed by atoms with Crippen molar-refractivity contribution in [3.63, 3.8) is 0 Å². The highest BCUT2D eigenvalue weighted by atomic mass is 15.1. The summed E-state index contributed by atoms with van der Waals surface area (Å²) in [7, 11) is 0. The van der Waals surface area contributed by atoms with Gasteiger partial charge in [0.25, 0.3) is 0 Å². The Kier molecular flexibility index (Phi) is 6.06. The van der Waals surface area contributed by atoms with E-state index in [1.807, 2.05) is 0 Å². The van der Waals surface area contributed by atoms with Crippen LogP contribution in [-0.4, -0.2) is 30.6 Å². The van der Waals surface area contributed by atoms with Crippen LogP contribution in [0, 0.1) is 6.92 Å². The van der Waals surface area contributed by atoms with Crippen molar-refractivity contribution >= 4 is 0 Å². The summed E-state index contributed by atoms with van der Waals surface area (Å²) in [5, 5.41) is 3.81. The SMILES string of the molecule is CCCCN1CCC(NC(C)c2cccc(C)c2)CC1. The summed E-state index contributed by atoms with van der Waals surface area (Å²) in [6.07, 6.45) is 5.24. The summed E-state index contributed by atoms with van der Waals surface area (Å²) in [6, 6.07) is 10.0. The van der Waals surface area contributed by atoms with Crippen LogP contribution >= 0.6 is 0 Å². The zero-order chi connectivity index (χ0) is 14.4. The third-order valence-corrected chi connectivity index (χ3v) is 4.44. The number of likely N-dealkylation sites (tertiary alicyclic amines) is 1. The van der Waals surface area contributed by atoms with E-state index in [2.05, 4.69) is 55.3 Å². The molecular formula is C18H30N2. The van der Waals surface area contributed by atoms with E-state index in [4.69, 9.17) is 0 Å². The Bertz CT molecular complexity index is 394. The van der Waals surface area contributed by atoms with Crippen molar-refractivity contribution in [2.24, 2.45) is 0 Å². The molecule has 1 aliphatic rings. The van der Waals surface area contributed by atoms with E-state index in [1.54, 1.807) is 0 Å². The molecule has 20 heavy (non-hydrogen) atoms. The van der Waals surface area contributed by atoms with Crippen molar-refractivity contribution in [3.05, 3.63) is 35.4 Å². The fourth-order valence-electron chi connectivity index (χ4n) is 3.09. The summed E-state index contributed by atoms with van der Waals surface area (Å²) in [4.78, 5) is 2.62. The van der Waals surface area contributed by atoms with Gasteiger partial charge in [-0.1, -0.05) is 43.2 Å². The zero-order valence-electron chi connectivity index (χ0n) is 13.4. The molecule has 1 fully saturated rings. The van der Waals surface area contributed by atoms with Gasteiger partial charge in [-0.15, -0.1) is 0 Å². The molecule has 0 saturated carbocycles. The quantitative estimate of drug-likeness (QED) is 0.846. The summed E-state index contributed by atoms with van der Waals surface area (Å²) < 4.78 is 0. The van der Waals surface area contributed by atoms with Gasteiger partial charge < -0.3 is 10.2 Å². The van der Waals surface area contributed by atoms with Crippen molar-refractivity contribution in [1.29, 1.82) is 0 Å². The van der Waals surface area contributed by atoms with Gasteiger partial charge in [0.1, 0.15) is 0 Å². The van der Waals surface area contributed by atoms with E-state index in [1.165, 1.54) is 56.4 Å². The number of nitrogens with zero attached hydrogens (tertiary/aromatic N) is 1. The lowest BCUT2D eigenvalue weighted by molar-refractivity contribution is 0.190. The monoisotopic (exact) mass is 274 g/mol. The molecule has 0 aromatic heterocycles. The maximum Gasteiger partial charge on any atom is 0.0294 e. The predicted octanol–water partition coefficient (Wildman–Crippen LogP) is 3.91. The molecule has 2 nitrogen and oxygen atoms in total. The molecule has 1 saturated heterocycles. The first kappa shape index (κ1) is 15.5. The number of aryl methyl sites for hydroxylation is 1. The molecule has 0 spiro atoms. The fraction of sp³-hybridized carbons (Fsp3) is 0.667. The molecule has 1 aromatic rings. The lowest BCUT2D eigenvalue weighted by Gasteiger charge is -2.34. The number of piperidine rings is 1. The molecule has 0 aliphatic carbocycles. The first-order valence-corrected chi connectivity index (χ1v) is 8.24. The van der Waals surface area contributed by atoms with Gasteiger partial charge in [0, 0.05) is 12.1 Å². The largest absolute Gasteiger partial charge is 0.307 e. The lowest BCUT2D eigenvalue weighted by Crippen LogP contribution is -2.43. The van der Waals surface area contributed by atoms with Gasteiger partial charge in [0.2, 0.25) is 0 Å². The van der Waals surface area contributed by atoms with Crippen molar-refractivity contribution in [3.8, 4) is 0 Å². The minimum Gasteiger partial charge on any atom is -0.307 e. The lowest BCUT2D eigenvalue weighted by atomic mass is 10.0. The molecule has 1 unspecified atom stereocenters. The van der Waals surface area contributed by atoms with Gasteiger partial charge in [-0.25, -0.2) is 0 Å². The van der Waals surface area contributed by atoms with E-state index in [-0.39, 0.29) is 0 Å². The second-order valence-electron chi connectivity index (χ2n) is 6.27. The predicted molar refractivity (Wildman–Crippen MR) is 87.1 cm³/mol. The van der Waals surface area contributed by atoms with Crippen LogP contribution in [0.15, 0.2) is 24.3 Å². The smallest absolute Gasteiger partial charge is 0.0294 e. The molecule has 1 N–H and O–H groups in total. The van der Waals surface area contributed by atoms with Gasteiger partial charge in [0.05, 0.1) is 0 Å². The van der Waals surface area contributed by atoms with E-state index in [9.17, 15) is 0 Å². The van der Waals surface area contributed by atoms with Crippen LogP contribution in [0.1, 0.15) is 56.7 Å². The average molecular weight is 274 g/mol. The second kappa shape index (κ2) is 7.80. The Labute approximate surface area is 124 Å². The Morgan fingerprint density at radius 2 is 2.05 bits per heavy atom. The zero-order valence-corrected chi connectivity index (χ0v) is 13.4. The normalized spacial score (nSPS) is 19.1. The molecule has 1 aromatic carbocycles. The van der Waals surface area contributed by atoms with Crippen LogP contribution in [-0.2, 0) is 0 Å². The molecule has 1 aliphatic heterocycles. The Hall–Kier alpha value is -0.860. The molecular weight excluding hydrogens is 244 g/mol. The van der Waals surface area contributed by atoms with Gasteiger partial charge in [-0.3, -0.25) is 0 Å². The van der Waals surface area contributed by atoms with Crippen LogP contribution < -0.4 is 5.32 Å². The summed E-state index contributed by atoms with van der Waals surface area (Å²) in [5.41, 5.74) is 2.77. The number of hydrogen-bond acceptors (Lipinski definition) is 2. The molecule has 0 bridgehead atoms. The highest BCUT2D eigenvalue weighted by Gasteiger charge is 2.20. The van der Waals surface area contributed by atoms with Gasteiger partial charge in [-0.05, 0) is 58.3 Å². The molecule has 2 rings (SSSR count). The third-order valence-electron chi connectivity index (χ3n) is 4.44. The van der Waals surface area contributed by atoms with E-state index in [0.717, 1.165) is 0 Å². The molecule has 0 radical (unpaired) electrons. The van der Waals surface area contributed by atoms with E-state index >= 15 is 0 Å². The standard InChI is InChI=1S/C18H30N2/c1-4-5-11-20-12-9-18(10-13-20)19-16(3)17-8-6-7-15(2)14-17/h6-8,14,16,18-19H,4-5,9-13H2,1-3H3. The Morgan fingerprint density at radius 3 is 2.70 bits per heavy atom. The number of unbranched alkanes of at least 4 members (excludes halogenated alkanes) is 1. The summed E-state index contributed by atoms with van der Waals surface area (Å²) in [5.74, 6) is 0. The van der Waals surface area contributed by atoms with Crippen molar-refractivity contribution in [1.82, 2.24) is 10.2 Å². The van der Waals surface area contributed by atoms with Crippen LogP contribution in [0.2, 0.25) is 0 Å². The average Bonchev–Trinajstić information content (AvgIpc) is 2.46. The number of hydrogen-bond donors (Lipinski definition) is 1. The third kappa shape index (κ3) is 4.60. The molecule has 112 valence electrons. The maximum atomic E-state index is 3.81. The fourth-order valence-corrected chi connectivity index (χ4v) is 3.09. The summed E-state index contributed by atoms with van der Waals surface area (Å²) >= 11 is 0. The highest BCUT2D eigenvalue weighted by Crippen LogP contribution is 2.18. The van der Waals surface area contributed by atoms with Gasteiger partial charge >= 0.3 is 0 Å². The number of nitrogens with one attached hydrogen (secondary N) is 1. The first-order chi connectivity index (χ1) is 9.69. The number of rotatable bonds is 6. The van der Waals surface area contributed by atoms with Crippen LogP contribution in [0.4, 0.5) is 0 Å². The Morgan fingerprint density at radius 1 is 1.30 bits per heavy atom. The second-order valence-corrected chi connectivity index (χ2v) is 6.27. The van der Waals surface area contributed by atoms with E-state index in [0.29, 0.717) is 12.1 Å². The number of benzene rings is 1.